The molecule has 0 radical (unpaired) electrons. The van der Waals surface area contributed by atoms with Gasteiger partial charge in [0.15, 0.2) is 0 Å². The predicted octanol–water partition coefficient (Wildman–Crippen LogP) is 1.64. The average Bonchev–Trinajstić information content (AvgIpc) is 2.07. The molecule has 1 aromatic heterocycles. The maximum Gasteiger partial charge on any atom is 0.291 e. The van der Waals surface area contributed by atoms with Gasteiger partial charge in [-0.15, -0.1) is 0 Å². The van der Waals surface area contributed by atoms with E-state index in [0.29, 0.717) is 16.6 Å². The van der Waals surface area contributed by atoms with Crippen molar-refractivity contribution in [3.05, 3.63) is 32.5 Å². The molecule has 1 rings (SSSR count). The second-order valence-electron chi connectivity index (χ2n) is 3.06. The monoisotopic (exact) mass is 259 g/mol. The van der Waals surface area contributed by atoms with E-state index in [-0.39, 0.29) is 11.7 Å². The lowest BCUT2D eigenvalue weighted by Gasteiger charge is -2.04. The van der Waals surface area contributed by atoms with Crippen LogP contribution in [0.5, 0.6) is 0 Å². The van der Waals surface area contributed by atoms with Crippen LogP contribution in [0.15, 0.2) is 16.7 Å². The average molecular weight is 260 g/mol. The first kappa shape index (κ1) is 11.1. The minimum absolute atomic E-state index is 0.0108. The van der Waals surface area contributed by atoms with Gasteiger partial charge in [0.25, 0.3) is 5.69 Å². The van der Waals surface area contributed by atoms with Crippen LogP contribution in [-0.4, -0.2) is 15.9 Å². The van der Waals surface area contributed by atoms with Crippen LogP contribution in [0.4, 0.5) is 5.69 Å². The fourth-order valence-electron chi connectivity index (χ4n) is 1.08. The highest BCUT2D eigenvalue weighted by molar-refractivity contribution is 9.10. The molecule has 0 aliphatic rings. The molecule has 2 N–H and O–H groups in total. The van der Waals surface area contributed by atoms with Crippen molar-refractivity contribution < 1.29 is 4.92 Å². The third-order valence-electron chi connectivity index (χ3n) is 1.63. The van der Waals surface area contributed by atoms with E-state index < -0.39 is 4.92 Å². The number of hydrogen-bond acceptors (Lipinski definition) is 4. The Balaban J connectivity index is 3.08. The fraction of sp³-hybridized carbons (Fsp3) is 0.375. The first-order valence-corrected chi connectivity index (χ1v) is 4.84. The minimum Gasteiger partial charge on any atom is -0.328 e. The molecule has 1 heterocycles. The summed E-state index contributed by atoms with van der Waals surface area (Å²) in [4.78, 5) is 14.2. The molecule has 0 bridgehead atoms. The van der Waals surface area contributed by atoms with Crippen LogP contribution < -0.4 is 5.73 Å². The normalized spacial score (nSPS) is 12.5. The van der Waals surface area contributed by atoms with E-state index in [1.807, 2.05) is 0 Å². The quantitative estimate of drug-likeness (QED) is 0.661. The smallest absolute Gasteiger partial charge is 0.291 e. The lowest BCUT2D eigenvalue weighted by molar-refractivity contribution is -0.386. The molecule has 0 spiro atoms. The van der Waals surface area contributed by atoms with Gasteiger partial charge in [-0.1, -0.05) is 0 Å². The van der Waals surface area contributed by atoms with Crippen molar-refractivity contribution in [2.45, 2.75) is 19.4 Å². The number of rotatable bonds is 3. The summed E-state index contributed by atoms with van der Waals surface area (Å²) in [6.45, 7) is 1.79. The highest BCUT2D eigenvalue weighted by Crippen LogP contribution is 2.21. The summed E-state index contributed by atoms with van der Waals surface area (Å²) in [5.41, 5.74) is 5.99. The van der Waals surface area contributed by atoms with E-state index in [9.17, 15) is 10.1 Å². The van der Waals surface area contributed by atoms with Gasteiger partial charge in [-0.3, -0.25) is 15.1 Å². The molecule has 14 heavy (non-hydrogen) atoms. The van der Waals surface area contributed by atoms with Crippen LogP contribution in [-0.2, 0) is 6.42 Å². The summed E-state index contributed by atoms with van der Waals surface area (Å²) < 4.78 is 0.595. The van der Waals surface area contributed by atoms with Gasteiger partial charge in [0, 0.05) is 29.2 Å². The van der Waals surface area contributed by atoms with E-state index in [1.54, 1.807) is 6.92 Å². The van der Waals surface area contributed by atoms with Crippen molar-refractivity contribution >= 4 is 21.6 Å². The molecule has 0 aliphatic heterocycles. The van der Waals surface area contributed by atoms with Crippen molar-refractivity contribution in [3.63, 3.8) is 0 Å². The number of hydrogen-bond donors (Lipinski definition) is 1. The van der Waals surface area contributed by atoms with Gasteiger partial charge in [0.2, 0.25) is 0 Å². The Morgan fingerprint density at radius 3 is 2.93 bits per heavy atom. The number of aromatic nitrogens is 1. The summed E-state index contributed by atoms with van der Waals surface area (Å²) in [5, 5.41) is 10.7. The summed E-state index contributed by atoms with van der Waals surface area (Å²) in [5.74, 6) is 0. The Labute approximate surface area is 89.6 Å². The fourth-order valence-corrected chi connectivity index (χ4v) is 1.40. The Morgan fingerprint density at radius 1 is 1.79 bits per heavy atom. The Bertz CT molecular complexity index is 354. The Kier molecular flexibility index (Phi) is 3.54. The van der Waals surface area contributed by atoms with Crippen LogP contribution in [0, 0.1) is 10.1 Å². The standard InChI is InChI=1S/C8H10BrN3O2/c1-5(10)2-7-8(12(13)14)3-6(9)4-11-7/h3-5H,2,10H2,1H3. The molecule has 0 aromatic carbocycles. The molecular formula is C8H10BrN3O2. The molecule has 6 heteroatoms. The summed E-state index contributed by atoms with van der Waals surface area (Å²) >= 11 is 3.13. The lowest BCUT2D eigenvalue weighted by Crippen LogP contribution is -2.19. The van der Waals surface area contributed by atoms with Crippen LogP contribution in [0.2, 0.25) is 0 Å². The van der Waals surface area contributed by atoms with E-state index in [4.69, 9.17) is 5.73 Å². The van der Waals surface area contributed by atoms with E-state index in [1.165, 1.54) is 12.3 Å². The topological polar surface area (TPSA) is 82.0 Å². The van der Waals surface area contributed by atoms with Gasteiger partial charge in [-0.05, 0) is 22.9 Å². The molecule has 1 aromatic rings. The van der Waals surface area contributed by atoms with Gasteiger partial charge in [0.1, 0.15) is 5.69 Å². The molecule has 1 unspecified atom stereocenters. The Morgan fingerprint density at radius 2 is 2.43 bits per heavy atom. The molecule has 0 saturated carbocycles. The van der Waals surface area contributed by atoms with Crippen molar-refractivity contribution in [3.8, 4) is 0 Å². The molecule has 0 amide bonds. The van der Waals surface area contributed by atoms with Crippen LogP contribution in [0.3, 0.4) is 0 Å². The van der Waals surface area contributed by atoms with Gasteiger partial charge < -0.3 is 5.73 Å². The van der Waals surface area contributed by atoms with Gasteiger partial charge in [0.05, 0.1) is 4.92 Å². The number of nitrogens with zero attached hydrogens (tertiary/aromatic N) is 2. The largest absolute Gasteiger partial charge is 0.328 e. The molecule has 0 fully saturated rings. The van der Waals surface area contributed by atoms with Crippen LogP contribution in [0.25, 0.3) is 0 Å². The SMILES string of the molecule is CC(N)Cc1ncc(Br)cc1[N+](=O)[O-]. The van der Waals surface area contributed by atoms with Crippen molar-refractivity contribution in [2.75, 3.05) is 0 Å². The maximum atomic E-state index is 10.7. The molecule has 76 valence electrons. The molecule has 0 saturated heterocycles. The second-order valence-corrected chi connectivity index (χ2v) is 3.97. The molecule has 1 atom stereocenters. The van der Waals surface area contributed by atoms with Crippen molar-refractivity contribution in [1.82, 2.24) is 4.98 Å². The zero-order chi connectivity index (χ0) is 10.7. The van der Waals surface area contributed by atoms with Crippen molar-refractivity contribution in [1.29, 1.82) is 0 Å². The van der Waals surface area contributed by atoms with Crippen LogP contribution in [0.1, 0.15) is 12.6 Å². The highest BCUT2D eigenvalue weighted by atomic mass is 79.9. The summed E-state index contributed by atoms with van der Waals surface area (Å²) in [6, 6.07) is 1.30. The third-order valence-corrected chi connectivity index (χ3v) is 2.06. The minimum atomic E-state index is -0.449. The van der Waals surface area contributed by atoms with E-state index >= 15 is 0 Å². The summed E-state index contributed by atoms with van der Waals surface area (Å²) in [6.07, 6.45) is 1.94. The van der Waals surface area contributed by atoms with Gasteiger partial charge >= 0.3 is 0 Å². The van der Waals surface area contributed by atoms with E-state index in [0.717, 1.165) is 0 Å². The highest BCUT2D eigenvalue weighted by Gasteiger charge is 2.16. The maximum absolute atomic E-state index is 10.7. The molecule has 5 nitrogen and oxygen atoms in total. The molecule has 0 aliphatic carbocycles. The van der Waals surface area contributed by atoms with E-state index in [2.05, 4.69) is 20.9 Å². The number of nitrogens with two attached hydrogens (primary N) is 1. The zero-order valence-corrected chi connectivity index (χ0v) is 9.19. The number of nitro groups is 1. The molecular weight excluding hydrogens is 250 g/mol. The van der Waals surface area contributed by atoms with Gasteiger partial charge in [-0.25, -0.2) is 0 Å². The Hall–Kier alpha value is -1.01. The third kappa shape index (κ3) is 2.74. The van der Waals surface area contributed by atoms with Crippen LogP contribution >= 0.6 is 15.9 Å². The number of pyridine rings is 1. The summed E-state index contributed by atoms with van der Waals surface area (Å²) in [7, 11) is 0. The first-order valence-electron chi connectivity index (χ1n) is 4.05. The lowest BCUT2D eigenvalue weighted by atomic mass is 10.1. The number of halogens is 1. The first-order chi connectivity index (χ1) is 6.50. The zero-order valence-electron chi connectivity index (χ0n) is 7.61. The predicted molar refractivity (Wildman–Crippen MR) is 55.9 cm³/mol. The van der Waals surface area contributed by atoms with Gasteiger partial charge in [-0.2, -0.15) is 0 Å². The van der Waals surface area contributed by atoms with Crippen molar-refractivity contribution in [2.24, 2.45) is 5.73 Å². The second kappa shape index (κ2) is 4.47.